The third-order valence-electron chi connectivity index (χ3n) is 5.45. The van der Waals surface area contributed by atoms with Crippen LogP contribution in [0.15, 0.2) is 52.1 Å². The zero-order valence-electron chi connectivity index (χ0n) is 16.5. The first-order chi connectivity index (χ1) is 14.0. The van der Waals surface area contributed by atoms with Gasteiger partial charge in [-0.25, -0.2) is 9.78 Å². The molecular weight excluding hydrogens is 370 g/mol. The summed E-state index contributed by atoms with van der Waals surface area (Å²) in [6.07, 6.45) is 1.68. The van der Waals surface area contributed by atoms with Crippen molar-refractivity contribution in [2.24, 2.45) is 14.1 Å². The lowest BCUT2D eigenvalue weighted by Crippen LogP contribution is -2.43. The molecule has 150 valence electrons. The number of carbonyl (C=O) groups excluding carboxylic acids is 1. The molecule has 0 aliphatic carbocycles. The van der Waals surface area contributed by atoms with Crippen LogP contribution in [0.2, 0.25) is 0 Å². The molecular formula is C21H23N5O3. The maximum absolute atomic E-state index is 12.9. The number of nitrogens with one attached hydrogen (secondary N) is 1. The number of piperidine rings is 1. The van der Waals surface area contributed by atoms with Crippen molar-refractivity contribution in [2.75, 3.05) is 18.4 Å². The molecule has 1 saturated heterocycles. The maximum atomic E-state index is 12.9. The lowest BCUT2D eigenvalue weighted by molar-refractivity contribution is 0.0713. The summed E-state index contributed by atoms with van der Waals surface area (Å²) in [4.78, 5) is 43.5. The minimum Gasteiger partial charge on any atom is -0.382 e. The Balaban J connectivity index is 1.51. The molecule has 29 heavy (non-hydrogen) atoms. The summed E-state index contributed by atoms with van der Waals surface area (Å²) in [5, 5.41) is 3.82. The highest BCUT2D eigenvalue weighted by Crippen LogP contribution is 2.18. The van der Waals surface area contributed by atoms with Crippen LogP contribution in [0, 0.1) is 0 Å². The van der Waals surface area contributed by atoms with Crippen LogP contribution in [-0.2, 0) is 14.1 Å². The van der Waals surface area contributed by atoms with Crippen molar-refractivity contribution in [3.8, 4) is 0 Å². The molecule has 2 aromatic heterocycles. The predicted octanol–water partition coefficient (Wildman–Crippen LogP) is 1.35. The Labute approximate surface area is 167 Å². The molecule has 0 bridgehead atoms. The van der Waals surface area contributed by atoms with Crippen LogP contribution < -0.4 is 16.6 Å². The van der Waals surface area contributed by atoms with Crippen LogP contribution in [0.5, 0.6) is 0 Å². The highest BCUT2D eigenvalue weighted by atomic mass is 16.2. The van der Waals surface area contributed by atoms with E-state index in [2.05, 4.69) is 10.3 Å². The fourth-order valence-electron chi connectivity index (χ4n) is 3.73. The van der Waals surface area contributed by atoms with E-state index in [0.717, 1.165) is 23.1 Å². The van der Waals surface area contributed by atoms with Crippen molar-refractivity contribution >= 4 is 22.6 Å². The molecule has 1 amide bonds. The molecule has 0 unspecified atom stereocenters. The number of nitrogens with zero attached hydrogens (tertiary/aromatic N) is 4. The molecule has 1 N–H and O–H groups in total. The van der Waals surface area contributed by atoms with E-state index in [4.69, 9.17) is 0 Å². The topological polar surface area (TPSA) is 89.2 Å². The number of amides is 1. The molecule has 1 fully saturated rings. The number of pyridine rings is 1. The summed E-state index contributed by atoms with van der Waals surface area (Å²) in [6, 6.07) is 13.5. The van der Waals surface area contributed by atoms with Gasteiger partial charge in [0.1, 0.15) is 11.3 Å². The second kappa shape index (κ2) is 7.54. The number of hydrogen-bond donors (Lipinski definition) is 1. The lowest BCUT2D eigenvalue weighted by atomic mass is 10.0. The summed E-state index contributed by atoms with van der Waals surface area (Å²) in [7, 11) is 2.98. The molecule has 1 aliphatic heterocycles. The first kappa shape index (κ1) is 18.9. The van der Waals surface area contributed by atoms with Gasteiger partial charge in [0.2, 0.25) is 0 Å². The normalized spacial score (nSPS) is 14.9. The first-order valence-corrected chi connectivity index (χ1v) is 9.63. The summed E-state index contributed by atoms with van der Waals surface area (Å²) >= 11 is 0. The van der Waals surface area contributed by atoms with E-state index in [-0.39, 0.29) is 17.2 Å². The Morgan fingerprint density at radius 1 is 1.00 bits per heavy atom. The van der Waals surface area contributed by atoms with Gasteiger partial charge in [0.05, 0.1) is 5.39 Å². The Hall–Kier alpha value is -3.42. The number of carbonyl (C=O) groups is 1. The Kier molecular flexibility index (Phi) is 4.92. The minimum absolute atomic E-state index is 0.182. The Bertz CT molecular complexity index is 1170. The summed E-state index contributed by atoms with van der Waals surface area (Å²) in [5.41, 5.74) is 0.672. The summed E-state index contributed by atoms with van der Waals surface area (Å²) in [5.74, 6) is -0.182. The van der Waals surface area contributed by atoms with E-state index < -0.39 is 11.2 Å². The standard InChI is InChI=1S/C21H23N5O3/c1-24-18-16(19(27)25(2)21(24)29)8-9-17(23-18)20(28)26-12-10-15(11-13-26)22-14-6-4-3-5-7-14/h3-9,15,22H,10-13H2,1-2H3. The molecule has 0 spiro atoms. The number of para-hydroxylation sites is 1. The van der Waals surface area contributed by atoms with Gasteiger partial charge in [-0.15, -0.1) is 0 Å². The second-order valence-corrected chi connectivity index (χ2v) is 7.35. The van der Waals surface area contributed by atoms with E-state index >= 15 is 0 Å². The van der Waals surface area contributed by atoms with Crippen LogP contribution in [0.3, 0.4) is 0 Å². The van der Waals surface area contributed by atoms with E-state index in [1.54, 1.807) is 24.1 Å². The van der Waals surface area contributed by atoms with Crippen molar-refractivity contribution in [2.45, 2.75) is 18.9 Å². The molecule has 0 atom stereocenters. The number of rotatable bonds is 3. The van der Waals surface area contributed by atoms with Gasteiger partial charge in [-0.3, -0.25) is 18.7 Å². The second-order valence-electron chi connectivity index (χ2n) is 7.35. The van der Waals surface area contributed by atoms with E-state index in [1.165, 1.54) is 11.6 Å². The minimum atomic E-state index is -0.465. The van der Waals surface area contributed by atoms with Crippen molar-refractivity contribution < 1.29 is 4.79 Å². The van der Waals surface area contributed by atoms with Gasteiger partial charge in [0.15, 0.2) is 0 Å². The summed E-state index contributed by atoms with van der Waals surface area (Å²) < 4.78 is 2.33. The highest BCUT2D eigenvalue weighted by molar-refractivity contribution is 5.94. The highest BCUT2D eigenvalue weighted by Gasteiger charge is 2.25. The number of aromatic nitrogens is 3. The van der Waals surface area contributed by atoms with Crippen molar-refractivity contribution in [3.05, 3.63) is 69.0 Å². The third-order valence-corrected chi connectivity index (χ3v) is 5.45. The number of likely N-dealkylation sites (tertiary alicyclic amines) is 1. The predicted molar refractivity (Wildman–Crippen MR) is 111 cm³/mol. The average Bonchev–Trinajstić information content (AvgIpc) is 2.76. The van der Waals surface area contributed by atoms with Gasteiger partial charge in [0, 0.05) is 38.9 Å². The van der Waals surface area contributed by atoms with E-state index in [0.29, 0.717) is 24.5 Å². The molecule has 1 aromatic carbocycles. The van der Waals surface area contributed by atoms with Gasteiger partial charge in [-0.1, -0.05) is 18.2 Å². The smallest absolute Gasteiger partial charge is 0.332 e. The van der Waals surface area contributed by atoms with Crippen LogP contribution >= 0.6 is 0 Å². The monoisotopic (exact) mass is 393 g/mol. The van der Waals surface area contributed by atoms with Crippen LogP contribution in [0.1, 0.15) is 23.3 Å². The molecule has 8 heteroatoms. The molecule has 1 aliphatic rings. The quantitative estimate of drug-likeness (QED) is 0.726. The van der Waals surface area contributed by atoms with Gasteiger partial charge in [-0.05, 0) is 37.1 Å². The zero-order valence-corrected chi connectivity index (χ0v) is 16.5. The summed E-state index contributed by atoms with van der Waals surface area (Å²) in [6.45, 7) is 1.25. The molecule has 3 aromatic rings. The third kappa shape index (κ3) is 3.53. The molecule has 0 saturated carbocycles. The van der Waals surface area contributed by atoms with Gasteiger partial charge < -0.3 is 10.2 Å². The lowest BCUT2D eigenvalue weighted by Gasteiger charge is -2.32. The molecule has 4 rings (SSSR count). The zero-order chi connectivity index (χ0) is 20.5. The number of aryl methyl sites for hydroxylation is 1. The number of hydrogen-bond acceptors (Lipinski definition) is 5. The fourth-order valence-corrected chi connectivity index (χ4v) is 3.73. The molecule has 3 heterocycles. The number of anilines is 1. The SMILES string of the molecule is Cn1c(=O)c2ccc(C(=O)N3CCC(Nc4ccccc4)CC3)nc2n(C)c1=O. The Morgan fingerprint density at radius 3 is 2.38 bits per heavy atom. The first-order valence-electron chi connectivity index (χ1n) is 9.63. The number of fused-ring (bicyclic) bond motifs is 1. The fraction of sp³-hybridized carbons (Fsp3) is 0.333. The molecule has 0 radical (unpaired) electrons. The van der Waals surface area contributed by atoms with Crippen molar-refractivity contribution in [1.29, 1.82) is 0 Å². The average molecular weight is 393 g/mol. The van der Waals surface area contributed by atoms with Gasteiger partial charge >= 0.3 is 5.69 Å². The van der Waals surface area contributed by atoms with Crippen molar-refractivity contribution in [1.82, 2.24) is 19.0 Å². The van der Waals surface area contributed by atoms with E-state index in [9.17, 15) is 14.4 Å². The maximum Gasteiger partial charge on any atom is 0.332 e. The van der Waals surface area contributed by atoms with E-state index in [1.807, 2.05) is 30.3 Å². The van der Waals surface area contributed by atoms with Crippen LogP contribution in [0.4, 0.5) is 5.69 Å². The van der Waals surface area contributed by atoms with Gasteiger partial charge in [-0.2, -0.15) is 0 Å². The molecule has 8 nitrogen and oxygen atoms in total. The number of benzene rings is 1. The van der Waals surface area contributed by atoms with Crippen LogP contribution in [0.25, 0.3) is 11.0 Å². The van der Waals surface area contributed by atoms with Gasteiger partial charge in [0.25, 0.3) is 11.5 Å². The van der Waals surface area contributed by atoms with Crippen LogP contribution in [-0.4, -0.2) is 44.1 Å². The Morgan fingerprint density at radius 2 is 1.69 bits per heavy atom. The largest absolute Gasteiger partial charge is 0.382 e. The van der Waals surface area contributed by atoms with Crippen molar-refractivity contribution in [3.63, 3.8) is 0 Å².